The average molecular weight is 391 g/mol. The van der Waals surface area contributed by atoms with Crippen molar-refractivity contribution in [2.24, 2.45) is 5.92 Å². The van der Waals surface area contributed by atoms with Crippen molar-refractivity contribution in [3.63, 3.8) is 0 Å². The molecule has 2 aliphatic rings. The number of fused-ring (bicyclic) bond motifs is 1. The molecule has 1 amide bonds. The van der Waals surface area contributed by atoms with Crippen LogP contribution in [0.3, 0.4) is 0 Å². The molecule has 2 aromatic heterocycles. The Hall–Kier alpha value is -2.00. The number of hydrogen-bond donors (Lipinski definition) is 1. The van der Waals surface area contributed by atoms with E-state index < -0.39 is 16.1 Å². The van der Waals surface area contributed by atoms with E-state index in [9.17, 15) is 13.2 Å². The molecule has 2 fully saturated rings. The standard InChI is InChI=1S/C18H25N5O3S/c1-12(2)16(23-9-4-10-27(23,25)26)18(24)19-14-7-8-15-20-21-17(22(15)11-14)13-5-3-6-13/h7-8,11-13,16H,3-6,9-10H2,1-2H3,(H,19,24). The number of rotatable bonds is 5. The minimum absolute atomic E-state index is 0.112. The molecule has 1 unspecified atom stereocenters. The SMILES string of the molecule is CC(C)C(C(=O)Nc1ccc2nnc(C3CCC3)n2c1)N1CCCS1(=O)=O. The fraction of sp³-hybridized carbons (Fsp3) is 0.611. The number of anilines is 1. The number of sulfonamides is 1. The Bertz CT molecular complexity index is 965. The van der Waals surface area contributed by atoms with Gasteiger partial charge in [0.2, 0.25) is 15.9 Å². The van der Waals surface area contributed by atoms with Crippen molar-refractivity contribution in [2.45, 2.75) is 51.5 Å². The molecule has 1 aliphatic heterocycles. The first-order chi connectivity index (χ1) is 12.9. The van der Waals surface area contributed by atoms with Crippen molar-refractivity contribution in [3.05, 3.63) is 24.2 Å². The number of amides is 1. The molecular formula is C18H25N5O3S. The van der Waals surface area contributed by atoms with Crippen LogP contribution in [0.25, 0.3) is 5.65 Å². The van der Waals surface area contributed by atoms with Gasteiger partial charge in [-0.3, -0.25) is 9.20 Å². The minimum Gasteiger partial charge on any atom is -0.323 e. The lowest BCUT2D eigenvalue weighted by atomic mass is 9.85. The van der Waals surface area contributed by atoms with Gasteiger partial charge in [-0.15, -0.1) is 10.2 Å². The van der Waals surface area contributed by atoms with Crippen LogP contribution < -0.4 is 5.32 Å². The molecule has 27 heavy (non-hydrogen) atoms. The van der Waals surface area contributed by atoms with Crippen LogP contribution in [0, 0.1) is 5.92 Å². The highest BCUT2D eigenvalue weighted by atomic mass is 32.2. The first-order valence-electron chi connectivity index (χ1n) is 9.52. The summed E-state index contributed by atoms with van der Waals surface area (Å²) in [7, 11) is -3.36. The molecule has 3 heterocycles. The molecule has 0 bridgehead atoms. The Balaban J connectivity index is 1.59. The largest absolute Gasteiger partial charge is 0.323 e. The summed E-state index contributed by atoms with van der Waals surface area (Å²) in [5, 5.41) is 11.4. The van der Waals surface area contributed by atoms with Gasteiger partial charge in [-0.2, -0.15) is 4.31 Å². The molecular weight excluding hydrogens is 366 g/mol. The van der Waals surface area contributed by atoms with Crippen LogP contribution in [-0.4, -0.2) is 51.6 Å². The highest BCUT2D eigenvalue weighted by molar-refractivity contribution is 7.89. The van der Waals surface area contributed by atoms with Crippen LogP contribution in [-0.2, 0) is 14.8 Å². The van der Waals surface area contributed by atoms with Crippen molar-refractivity contribution in [3.8, 4) is 0 Å². The van der Waals surface area contributed by atoms with Crippen LogP contribution in [0.1, 0.15) is 51.3 Å². The Morgan fingerprint density at radius 3 is 2.59 bits per heavy atom. The van der Waals surface area contributed by atoms with Crippen LogP contribution in [0.5, 0.6) is 0 Å². The summed E-state index contributed by atoms with van der Waals surface area (Å²) in [4.78, 5) is 12.9. The van der Waals surface area contributed by atoms with E-state index in [0.29, 0.717) is 24.6 Å². The molecule has 1 atom stereocenters. The fourth-order valence-electron chi connectivity index (χ4n) is 3.88. The Morgan fingerprint density at radius 2 is 2.00 bits per heavy atom. The van der Waals surface area contributed by atoms with E-state index in [2.05, 4.69) is 15.5 Å². The Kier molecular flexibility index (Phi) is 4.67. The summed E-state index contributed by atoms with van der Waals surface area (Å²) < 4.78 is 27.9. The zero-order valence-electron chi connectivity index (χ0n) is 15.6. The van der Waals surface area contributed by atoms with Gasteiger partial charge in [0.05, 0.1) is 11.4 Å². The predicted molar refractivity (Wildman–Crippen MR) is 102 cm³/mol. The number of carbonyl (C=O) groups excluding carboxylic acids is 1. The van der Waals surface area contributed by atoms with Crippen LogP contribution in [0.4, 0.5) is 5.69 Å². The number of nitrogens with zero attached hydrogens (tertiary/aromatic N) is 4. The highest BCUT2D eigenvalue weighted by Crippen LogP contribution is 2.35. The summed E-state index contributed by atoms with van der Waals surface area (Å²) in [5.74, 6) is 1.04. The van der Waals surface area contributed by atoms with E-state index in [1.54, 1.807) is 6.07 Å². The number of aromatic nitrogens is 3. The highest BCUT2D eigenvalue weighted by Gasteiger charge is 2.40. The summed E-state index contributed by atoms with van der Waals surface area (Å²) in [5.41, 5.74) is 1.37. The topological polar surface area (TPSA) is 96.7 Å². The molecule has 2 aromatic rings. The second kappa shape index (κ2) is 6.87. The molecule has 146 valence electrons. The van der Waals surface area contributed by atoms with E-state index in [1.165, 1.54) is 10.7 Å². The molecule has 9 heteroatoms. The van der Waals surface area contributed by atoms with E-state index in [-0.39, 0.29) is 17.6 Å². The monoisotopic (exact) mass is 391 g/mol. The maximum absolute atomic E-state index is 12.9. The van der Waals surface area contributed by atoms with E-state index in [0.717, 1.165) is 24.3 Å². The van der Waals surface area contributed by atoms with E-state index in [1.807, 2.05) is 30.5 Å². The molecule has 0 radical (unpaired) electrons. The van der Waals surface area contributed by atoms with Crippen molar-refractivity contribution in [1.82, 2.24) is 18.9 Å². The lowest BCUT2D eigenvalue weighted by Crippen LogP contribution is -2.48. The number of nitrogens with one attached hydrogen (secondary N) is 1. The fourth-order valence-corrected chi connectivity index (χ4v) is 5.70. The first-order valence-corrected chi connectivity index (χ1v) is 11.1. The molecule has 4 rings (SSSR count). The van der Waals surface area contributed by atoms with Gasteiger partial charge in [-0.25, -0.2) is 8.42 Å². The third kappa shape index (κ3) is 3.34. The molecule has 1 N–H and O–H groups in total. The van der Waals surface area contributed by atoms with E-state index >= 15 is 0 Å². The number of carbonyl (C=O) groups is 1. The smallest absolute Gasteiger partial charge is 0.243 e. The molecule has 1 aliphatic carbocycles. The zero-order chi connectivity index (χ0) is 19.2. The third-order valence-electron chi connectivity index (χ3n) is 5.52. The number of pyridine rings is 1. The van der Waals surface area contributed by atoms with Crippen LogP contribution in [0.15, 0.2) is 18.3 Å². The van der Waals surface area contributed by atoms with Gasteiger partial charge in [-0.1, -0.05) is 20.3 Å². The van der Waals surface area contributed by atoms with Crippen molar-refractivity contribution >= 4 is 27.3 Å². The maximum atomic E-state index is 12.9. The summed E-state index contributed by atoms with van der Waals surface area (Å²) >= 11 is 0. The zero-order valence-corrected chi connectivity index (χ0v) is 16.4. The Labute approximate surface area is 159 Å². The lowest BCUT2D eigenvalue weighted by molar-refractivity contribution is -0.120. The average Bonchev–Trinajstić information content (AvgIpc) is 3.10. The maximum Gasteiger partial charge on any atom is 0.243 e. The van der Waals surface area contributed by atoms with Crippen LogP contribution in [0.2, 0.25) is 0 Å². The summed E-state index contributed by atoms with van der Waals surface area (Å²) in [6, 6.07) is 2.89. The quantitative estimate of drug-likeness (QED) is 0.841. The van der Waals surface area contributed by atoms with Crippen molar-refractivity contribution in [2.75, 3.05) is 17.6 Å². The predicted octanol–water partition coefficient (Wildman–Crippen LogP) is 2.00. The van der Waals surface area contributed by atoms with Gasteiger partial charge in [0.15, 0.2) is 5.65 Å². The number of hydrogen-bond acceptors (Lipinski definition) is 5. The summed E-state index contributed by atoms with van der Waals surface area (Å²) in [6.45, 7) is 4.14. The first kappa shape index (κ1) is 18.4. The Morgan fingerprint density at radius 1 is 1.22 bits per heavy atom. The van der Waals surface area contributed by atoms with Crippen LogP contribution >= 0.6 is 0 Å². The molecule has 8 nitrogen and oxygen atoms in total. The van der Waals surface area contributed by atoms with Gasteiger partial charge < -0.3 is 5.32 Å². The molecule has 0 spiro atoms. The lowest BCUT2D eigenvalue weighted by Gasteiger charge is -2.28. The minimum atomic E-state index is -3.36. The van der Waals surface area contributed by atoms with Crippen molar-refractivity contribution in [1.29, 1.82) is 0 Å². The summed E-state index contributed by atoms with van der Waals surface area (Å²) in [6.07, 6.45) is 5.82. The normalized spacial score (nSPS) is 21.4. The second-order valence-electron chi connectivity index (χ2n) is 7.79. The van der Waals surface area contributed by atoms with E-state index in [4.69, 9.17) is 0 Å². The molecule has 1 saturated carbocycles. The van der Waals surface area contributed by atoms with Gasteiger partial charge in [-0.05, 0) is 37.3 Å². The van der Waals surface area contributed by atoms with Gasteiger partial charge in [0, 0.05) is 18.7 Å². The van der Waals surface area contributed by atoms with Gasteiger partial charge in [0.25, 0.3) is 0 Å². The van der Waals surface area contributed by atoms with Crippen molar-refractivity contribution < 1.29 is 13.2 Å². The molecule has 1 saturated heterocycles. The second-order valence-corrected chi connectivity index (χ2v) is 9.83. The molecule has 0 aromatic carbocycles. The third-order valence-corrected chi connectivity index (χ3v) is 7.44. The van der Waals surface area contributed by atoms with Gasteiger partial charge >= 0.3 is 0 Å². The van der Waals surface area contributed by atoms with Gasteiger partial charge in [0.1, 0.15) is 11.9 Å².